The molecule has 1 aliphatic rings. The fourth-order valence-corrected chi connectivity index (χ4v) is 3.74. The lowest BCUT2D eigenvalue weighted by molar-refractivity contribution is -0.121. The van der Waals surface area contributed by atoms with E-state index in [4.69, 9.17) is 4.74 Å². The van der Waals surface area contributed by atoms with Gasteiger partial charge in [0, 0.05) is 24.7 Å². The second-order valence-corrected chi connectivity index (χ2v) is 8.68. The predicted octanol–water partition coefficient (Wildman–Crippen LogP) is 3.14. The Morgan fingerprint density at radius 3 is 2.67 bits per heavy atom. The van der Waals surface area contributed by atoms with Crippen LogP contribution in [-0.2, 0) is 21.1 Å². The number of carbonyl (C=O) groups is 1. The standard InChI is InChI=1S/C21H23NO4S/c1-3-4-8-20(23)22-14-17-13-16-6-5-7-19(21(16)26-17)15-9-11-18(12-10-15)27(2,24)25/h3,5-7,9-12,17H,1,4,8,13-14H2,2H3,(H,22,23)/t17-/m0/s1. The largest absolute Gasteiger partial charge is 0.487 e. The van der Waals surface area contributed by atoms with Crippen LogP contribution in [0, 0.1) is 0 Å². The van der Waals surface area contributed by atoms with Gasteiger partial charge in [0.25, 0.3) is 0 Å². The van der Waals surface area contributed by atoms with Crippen molar-refractivity contribution in [2.24, 2.45) is 0 Å². The molecule has 1 atom stereocenters. The molecule has 3 rings (SSSR count). The highest BCUT2D eigenvalue weighted by Crippen LogP contribution is 2.38. The average Bonchev–Trinajstić information content (AvgIpc) is 3.07. The molecule has 1 amide bonds. The van der Waals surface area contributed by atoms with Crippen molar-refractivity contribution in [1.82, 2.24) is 5.32 Å². The highest BCUT2D eigenvalue weighted by Gasteiger charge is 2.26. The number of hydrogen-bond donors (Lipinski definition) is 1. The Bertz CT molecular complexity index is 949. The van der Waals surface area contributed by atoms with Crippen molar-refractivity contribution in [3.05, 3.63) is 60.7 Å². The van der Waals surface area contributed by atoms with Crippen molar-refractivity contribution >= 4 is 15.7 Å². The van der Waals surface area contributed by atoms with Crippen LogP contribution in [0.3, 0.4) is 0 Å². The normalized spacial score (nSPS) is 15.7. The summed E-state index contributed by atoms with van der Waals surface area (Å²) in [4.78, 5) is 12.1. The highest BCUT2D eigenvalue weighted by molar-refractivity contribution is 7.90. The fraction of sp³-hybridized carbons (Fsp3) is 0.286. The number of ether oxygens (including phenoxy) is 1. The third-order valence-corrected chi connectivity index (χ3v) is 5.65. The number of amides is 1. The van der Waals surface area contributed by atoms with E-state index in [1.807, 2.05) is 18.2 Å². The minimum Gasteiger partial charge on any atom is -0.487 e. The van der Waals surface area contributed by atoms with Gasteiger partial charge in [0.15, 0.2) is 9.84 Å². The summed E-state index contributed by atoms with van der Waals surface area (Å²) in [5.41, 5.74) is 2.91. The second-order valence-electron chi connectivity index (χ2n) is 6.67. The first-order chi connectivity index (χ1) is 12.9. The molecule has 1 heterocycles. The van der Waals surface area contributed by atoms with Crippen LogP contribution in [0.5, 0.6) is 5.75 Å². The van der Waals surface area contributed by atoms with Gasteiger partial charge in [-0.3, -0.25) is 4.79 Å². The molecule has 0 saturated carbocycles. The van der Waals surface area contributed by atoms with Gasteiger partial charge in [0.1, 0.15) is 11.9 Å². The SMILES string of the molecule is C=CCCC(=O)NC[C@@H]1Cc2cccc(-c3ccc(S(C)(=O)=O)cc3)c2O1. The summed E-state index contributed by atoms with van der Waals surface area (Å²) in [6.45, 7) is 4.07. The lowest BCUT2D eigenvalue weighted by Crippen LogP contribution is -2.34. The predicted molar refractivity (Wildman–Crippen MR) is 106 cm³/mol. The summed E-state index contributed by atoms with van der Waals surface area (Å²) in [6, 6.07) is 12.7. The minimum atomic E-state index is -3.22. The van der Waals surface area contributed by atoms with E-state index in [1.165, 1.54) is 6.26 Å². The number of fused-ring (bicyclic) bond motifs is 1. The van der Waals surface area contributed by atoms with Crippen molar-refractivity contribution in [1.29, 1.82) is 0 Å². The zero-order valence-electron chi connectivity index (χ0n) is 15.3. The van der Waals surface area contributed by atoms with Crippen LogP contribution in [0.1, 0.15) is 18.4 Å². The highest BCUT2D eigenvalue weighted by atomic mass is 32.2. The topological polar surface area (TPSA) is 72.5 Å². The Morgan fingerprint density at radius 1 is 1.26 bits per heavy atom. The molecule has 142 valence electrons. The molecule has 5 nitrogen and oxygen atoms in total. The summed E-state index contributed by atoms with van der Waals surface area (Å²) in [5, 5.41) is 2.90. The molecule has 2 aromatic carbocycles. The van der Waals surface area contributed by atoms with Crippen LogP contribution in [0.4, 0.5) is 0 Å². The van der Waals surface area contributed by atoms with Gasteiger partial charge in [-0.1, -0.05) is 36.4 Å². The molecule has 0 aromatic heterocycles. The number of allylic oxidation sites excluding steroid dienone is 1. The molecule has 0 saturated heterocycles. The number of para-hydroxylation sites is 1. The van der Waals surface area contributed by atoms with Gasteiger partial charge in [0.2, 0.25) is 5.91 Å². The Kier molecular flexibility index (Phi) is 5.65. The van der Waals surface area contributed by atoms with Crippen LogP contribution < -0.4 is 10.1 Å². The quantitative estimate of drug-likeness (QED) is 0.743. The minimum absolute atomic E-state index is 0.00829. The number of benzene rings is 2. The molecule has 0 fully saturated rings. The van der Waals surface area contributed by atoms with Crippen molar-refractivity contribution in [2.45, 2.75) is 30.3 Å². The van der Waals surface area contributed by atoms with Crippen molar-refractivity contribution in [3.63, 3.8) is 0 Å². The average molecular weight is 385 g/mol. The zero-order valence-corrected chi connectivity index (χ0v) is 16.1. The van der Waals surface area contributed by atoms with E-state index >= 15 is 0 Å². The van der Waals surface area contributed by atoms with Crippen molar-refractivity contribution in [3.8, 4) is 16.9 Å². The molecule has 0 unspecified atom stereocenters. The molecule has 1 aliphatic heterocycles. The van der Waals surface area contributed by atoms with Gasteiger partial charge in [-0.15, -0.1) is 6.58 Å². The van der Waals surface area contributed by atoms with Crippen LogP contribution >= 0.6 is 0 Å². The van der Waals surface area contributed by atoms with E-state index in [0.29, 0.717) is 24.3 Å². The molecular weight excluding hydrogens is 362 g/mol. The number of nitrogens with one attached hydrogen (secondary N) is 1. The third kappa shape index (κ3) is 4.57. The van der Waals surface area contributed by atoms with E-state index in [9.17, 15) is 13.2 Å². The number of rotatable bonds is 7. The van der Waals surface area contributed by atoms with Crippen LogP contribution in [0.25, 0.3) is 11.1 Å². The first kappa shape index (κ1) is 19.2. The maximum atomic E-state index is 11.8. The molecule has 2 aromatic rings. The molecule has 0 bridgehead atoms. The van der Waals surface area contributed by atoms with Crippen LogP contribution in [0.2, 0.25) is 0 Å². The summed E-state index contributed by atoms with van der Waals surface area (Å²) >= 11 is 0. The molecule has 6 heteroatoms. The van der Waals surface area contributed by atoms with E-state index in [2.05, 4.69) is 11.9 Å². The van der Waals surface area contributed by atoms with E-state index in [0.717, 1.165) is 28.9 Å². The fourth-order valence-electron chi connectivity index (χ4n) is 3.11. The van der Waals surface area contributed by atoms with Crippen LogP contribution in [-0.4, -0.2) is 33.2 Å². The van der Waals surface area contributed by atoms with Crippen LogP contribution in [0.15, 0.2) is 60.0 Å². The second kappa shape index (κ2) is 7.96. The summed E-state index contributed by atoms with van der Waals surface area (Å²) in [5.74, 6) is 0.793. The first-order valence-corrected chi connectivity index (χ1v) is 10.7. The van der Waals surface area contributed by atoms with Gasteiger partial charge in [-0.05, 0) is 29.7 Å². The molecule has 0 radical (unpaired) electrons. The maximum Gasteiger partial charge on any atom is 0.220 e. The lowest BCUT2D eigenvalue weighted by Gasteiger charge is -2.13. The molecule has 27 heavy (non-hydrogen) atoms. The van der Waals surface area contributed by atoms with Crippen molar-refractivity contribution in [2.75, 3.05) is 12.8 Å². The van der Waals surface area contributed by atoms with E-state index < -0.39 is 9.84 Å². The number of sulfone groups is 1. The van der Waals surface area contributed by atoms with E-state index in [-0.39, 0.29) is 12.0 Å². The molecule has 1 N–H and O–H groups in total. The van der Waals surface area contributed by atoms with Gasteiger partial charge >= 0.3 is 0 Å². The maximum absolute atomic E-state index is 11.8. The Balaban J connectivity index is 1.73. The van der Waals surface area contributed by atoms with E-state index in [1.54, 1.807) is 30.3 Å². The summed E-state index contributed by atoms with van der Waals surface area (Å²) < 4.78 is 29.4. The molecule has 0 aliphatic carbocycles. The van der Waals surface area contributed by atoms with Gasteiger partial charge in [-0.25, -0.2) is 8.42 Å². The van der Waals surface area contributed by atoms with Gasteiger partial charge in [-0.2, -0.15) is 0 Å². The van der Waals surface area contributed by atoms with Gasteiger partial charge < -0.3 is 10.1 Å². The third-order valence-electron chi connectivity index (χ3n) is 4.52. The summed E-state index contributed by atoms with van der Waals surface area (Å²) in [7, 11) is -3.22. The monoisotopic (exact) mass is 385 g/mol. The summed E-state index contributed by atoms with van der Waals surface area (Å²) in [6.07, 6.45) is 4.63. The Hall–Kier alpha value is -2.60. The number of hydrogen-bond acceptors (Lipinski definition) is 4. The first-order valence-electron chi connectivity index (χ1n) is 8.85. The smallest absolute Gasteiger partial charge is 0.220 e. The molecular formula is C21H23NO4S. The molecule has 0 spiro atoms. The lowest BCUT2D eigenvalue weighted by atomic mass is 10.0. The van der Waals surface area contributed by atoms with Crippen molar-refractivity contribution < 1.29 is 17.9 Å². The Labute approximate surface area is 160 Å². The number of carbonyl (C=O) groups excluding carboxylic acids is 1. The Morgan fingerprint density at radius 2 is 2.00 bits per heavy atom. The van der Waals surface area contributed by atoms with Gasteiger partial charge in [0.05, 0.1) is 11.4 Å². The zero-order chi connectivity index (χ0) is 19.4.